The van der Waals surface area contributed by atoms with Gasteiger partial charge in [-0.1, -0.05) is 30.3 Å². The minimum Gasteiger partial charge on any atom is -0.464 e. The Bertz CT molecular complexity index is 501. The highest BCUT2D eigenvalue weighted by Gasteiger charge is 2.41. The number of hydrogen-bond donors (Lipinski definition) is 0. The standard InChI is InChI=1S/C18H26O6/c1-4-22-17(19)13-21-12-16-15(23-18(2,3)24-16)11-20-10-14-8-6-5-7-9-14/h5-9,15-16H,4,10-13H2,1-3H3/t15-,16-/m1/s1. The summed E-state index contributed by atoms with van der Waals surface area (Å²) in [4.78, 5) is 11.3. The highest BCUT2D eigenvalue weighted by Crippen LogP contribution is 2.28. The summed E-state index contributed by atoms with van der Waals surface area (Å²) in [5, 5.41) is 0. The Labute approximate surface area is 143 Å². The molecule has 1 aromatic carbocycles. The highest BCUT2D eigenvalue weighted by molar-refractivity contribution is 5.70. The van der Waals surface area contributed by atoms with Gasteiger partial charge in [0, 0.05) is 0 Å². The van der Waals surface area contributed by atoms with Gasteiger partial charge < -0.3 is 23.7 Å². The molecule has 0 bridgehead atoms. The Morgan fingerprint density at radius 1 is 1.08 bits per heavy atom. The molecular formula is C18H26O6. The van der Waals surface area contributed by atoms with E-state index in [9.17, 15) is 4.79 Å². The first-order chi connectivity index (χ1) is 11.5. The van der Waals surface area contributed by atoms with E-state index in [4.69, 9.17) is 23.7 Å². The quantitative estimate of drug-likeness (QED) is 0.644. The highest BCUT2D eigenvalue weighted by atomic mass is 16.8. The largest absolute Gasteiger partial charge is 0.464 e. The average Bonchev–Trinajstić information content (AvgIpc) is 2.83. The molecule has 0 amide bonds. The topological polar surface area (TPSA) is 63.2 Å². The zero-order valence-electron chi connectivity index (χ0n) is 14.5. The molecule has 0 N–H and O–H groups in total. The molecule has 24 heavy (non-hydrogen) atoms. The fourth-order valence-corrected chi connectivity index (χ4v) is 2.52. The molecule has 0 unspecified atom stereocenters. The van der Waals surface area contributed by atoms with Gasteiger partial charge in [0.25, 0.3) is 0 Å². The van der Waals surface area contributed by atoms with Crippen molar-refractivity contribution in [3.8, 4) is 0 Å². The molecule has 0 radical (unpaired) electrons. The van der Waals surface area contributed by atoms with E-state index >= 15 is 0 Å². The van der Waals surface area contributed by atoms with Crippen LogP contribution in [-0.4, -0.2) is 50.4 Å². The molecule has 1 aliphatic heterocycles. The van der Waals surface area contributed by atoms with Crippen LogP contribution in [0.1, 0.15) is 26.3 Å². The predicted octanol–water partition coefficient (Wildman–Crippen LogP) is 2.30. The zero-order chi connectivity index (χ0) is 17.4. The molecule has 6 nitrogen and oxygen atoms in total. The lowest BCUT2D eigenvalue weighted by Crippen LogP contribution is -2.32. The van der Waals surface area contributed by atoms with Gasteiger partial charge in [0.2, 0.25) is 0 Å². The van der Waals surface area contributed by atoms with Crippen LogP contribution in [0, 0.1) is 0 Å². The van der Waals surface area contributed by atoms with Crippen molar-refractivity contribution in [1.29, 1.82) is 0 Å². The summed E-state index contributed by atoms with van der Waals surface area (Å²) in [6, 6.07) is 9.94. The second kappa shape index (κ2) is 9.13. The minimum absolute atomic E-state index is 0.0915. The summed E-state index contributed by atoms with van der Waals surface area (Å²) in [5.41, 5.74) is 1.10. The van der Waals surface area contributed by atoms with Crippen LogP contribution in [0.4, 0.5) is 0 Å². The summed E-state index contributed by atoms with van der Waals surface area (Å²) < 4.78 is 27.6. The summed E-state index contributed by atoms with van der Waals surface area (Å²) in [5.74, 6) is -1.08. The molecule has 0 aliphatic carbocycles. The molecule has 6 heteroatoms. The maximum Gasteiger partial charge on any atom is 0.332 e. The molecule has 1 fully saturated rings. The van der Waals surface area contributed by atoms with Gasteiger partial charge in [0.1, 0.15) is 18.8 Å². The Kier molecular flexibility index (Phi) is 7.17. The third-order valence-electron chi connectivity index (χ3n) is 3.49. The molecule has 0 saturated carbocycles. The summed E-state index contributed by atoms with van der Waals surface area (Å²) in [6.07, 6.45) is -0.531. The fourth-order valence-electron chi connectivity index (χ4n) is 2.52. The molecule has 1 aromatic rings. The third kappa shape index (κ3) is 6.20. The van der Waals surface area contributed by atoms with Crippen molar-refractivity contribution >= 4 is 5.97 Å². The Balaban J connectivity index is 1.76. The van der Waals surface area contributed by atoms with Gasteiger partial charge in [-0.3, -0.25) is 0 Å². The number of hydrogen-bond acceptors (Lipinski definition) is 6. The normalized spacial score (nSPS) is 22.5. The van der Waals surface area contributed by atoms with E-state index in [2.05, 4.69) is 0 Å². The maximum atomic E-state index is 11.3. The van der Waals surface area contributed by atoms with Crippen molar-refractivity contribution in [2.75, 3.05) is 26.4 Å². The van der Waals surface area contributed by atoms with E-state index in [1.54, 1.807) is 6.92 Å². The Morgan fingerprint density at radius 3 is 2.33 bits per heavy atom. The molecule has 134 valence electrons. The first kappa shape index (κ1) is 18.9. The van der Waals surface area contributed by atoms with Crippen LogP contribution in [0.25, 0.3) is 0 Å². The van der Waals surface area contributed by atoms with Crippen molar-refractivity contribution in [1.82, 2.24) is 0 Å². The Hall–Kier alpha value is -1.47. The number of esters is 1. The molecule has 1 saturated heterocycles. The van der Waals surface area contributed by atoms with Crippen molar-refractivity contribution in [2.24, 2.45) is 0 Å². The van der Waals surface area contributed by atoms with Gasteiger partial charge in [-0.05, 0) is 26.3 Å². The molecule has 1 heterocycles. The predicted molar refractivity (Wildman–Crippen MR) is 87.4 cm³/mol. The van der Waals surface area contributed by atoms with Gasteiger partial charge >= 0.3 is 5.97 Å². The molecular weight excluding hydrogens is 312 g/mol. The zero-order valence-corrected chi connectivity index (χ0v) is 14.5. The molecule has 2 atom stereocenters. The van der Waals surface area contributed by atoms with E-state index in [1.165, 1.54) is 0 Å². The van der Waals surface area contributed by atoms with Crippen molar-refractivity contribution in [2.45, 2.75) is 45.4 Å². The summed E-state index contributed by atoms with van der Waals surface area (Å²) >= 11 is 0. The van der Waals surface area contributed by atoms with Crippen LogP contribution >= 0.6 is 0 Å². The van der Waals surface area contributed by atoms with E-state index in [1.807, 2.05) is 44.2 Å². The Morgan fingerprint density at radius 2 is 1.71 bits per heavy atom. The van der Waals surface area contributed by atoms with Crippen molar-refractivity contribution in [3.05, 3.63) is 35.9 Å². The smallest absolute Gasteiger partial charge is 0.332 e. The van der Waals surface area contributed by atoms with Crippen molar-refractivity contribution < 1.29 is 28.5 Å². The first-order valence-corrected chi connectivity index (χ1v) is 8.21. The summed E-state index contributed by atoms with van der Waals surface area (Å²) in [7, 11) is 0. The van der Waals surface area contributed by atoms with Crippen LogP contribution in [0.5, 0.6) is 0 Å². The van der Waals surface area contributed by atoms with Gasteiger partial charge in [-0.25, -0.2) is 4.79 Å². The molecule has 0 spiro atoms. The SMILES string of the molecule is CCOC(=O)COC[C@H]1OC(C)(C)O[C@@H]1COCc1ccccc1. The number of carbonyl (C=O) groups is 1. The van der Waals surface area contributed by atoms with Crippen LogP contribution in [0.2, 0.25) is 0 Å². The third-order valence-corrected chi connectivity index (χ3v) is 3.49. The molecule has 2 rings (SSSR count). The lowest BCUT2D eigenvalue weighted by molar-refractivity contribution is -0.158. The van der Waals surface area contributed by atoms with E-state index in [0.29, 0.717) is 19.8 Å². The van der Waals surface area contributed by atoms with Crippen LogP contribution < -0.4 is 0 Å². The van der Waals surface area contributed by atoms with Gasteiger partial charge in [-0.15, -0.1) is 0 Å². The van der Waals surface area contributed by atoms with E-state index < -0.39 is 5.79 Å². The van der Waals surface area contributed by atoms with E-state index in [-0.39, 0.29) is 31.4 Å². The maximum absolute atomic E-state index is 11.3. The van der Waals surface area contributed by atoms with Gasteiger partial charge in [-0.2, -0.15) is 0 Å². The number of ether oxygens (including phenoxy) is 5. The lowest BCUT2D eigenvalue weighted by Gasteiger charge is -2.17. The van der Waals surface area contributed by atoms with Gasteiger partial charge in [0.05, 0.1) is 26.4 Å². The number of benzene rings is 1. The molecule has 0 aromatic heterocycles. The van der Waals surface area contributed by atoms with Crippen molar-refractivity contribution in [3.63, 3.8) is 0 Å². The number of rotatable bonds is 9. The monoisotopic (exact) mass is 338 g/mol. The van der Waals surface area contributed by atoms with Crippen LogP contribution in [-0.2, 0) is 35.1 Å². The first-order valence-electron chi connectivity index (χ1n) is 8.21. The second-order valence-corrected chi connectivity index (χ2v) is 6.03. The lowest BCUT2D eigenvalue weighted by atomic mass is 10.2. The second-order valence-electron chi connectivity index (χ2n) is 6.03. The average molecular weight is 338 g/mol. The molecule has 1 aliphatic rings. The minimum atomic E-state index is -0.696. The number of carbonyl (C=O) groups excluding carboxylic acids is 1. The van der Waals surface area contributed by atoms with Crippen LogP contribution in [0.3, 0.4) is 0 Å². The summed E-state index contributed by atoms with van der Waals surface area (Å²) in [6.45, 7) is 6.87. The van der Waals surface area contributed by atoms with Crippen LogP contribution in [0.15, 0.2) is 30.3 Å². The van der Waals surface area contributed by atoms with Gasteiger partial charge in [0.15, 0.2) is 5.79 Å². The van der Waals surface area contributed by atoms with E-state index in [0.717, 1.165) is 5.56 Å². The fraction of sp³-hybridized carbons (Fsp3) is 0.611.